The van der Waals surface area contributed by atoms with Crippen molar-refractivity contribution in [3.8, 4) is 0 Å². The molecule has 1 fully saturated rings. The Morgan fingerprint density at radius 1 is 1.48 bits per heavy atom. The molecule has 0 bridgehead atoms. The lowest BCUT2D eigenvalue weighted by Gasteiger charge is -2.28. The number of likely N-dealkylation sites (N-methyl/N-ethyl adjacent to an activating group) is 1. The first-order valence-corrected chi connectivity index (χ1v) is 10.1. The SMILES string of the molecule is COCCN(C)C[C@H]1CCCN1S(=O)(=O)c1ccc(Br)cc1Cl. The largest absolute Gasteiger partial charge is 0.383 e. The van der Waals surface area contributed by atoms with E-state index in [0.717, 1.165) is 23.9 Å². The highest BCUT2D eigenvalue weighted by atomic mass is 79.9. The summed E-state index contributed by atoms with van der Waals surface area (Å²) in [7, 11) is 0.0645. The van der Waals surface area contributed by atoms with Crippen LogP contribution in [0.3, 0.4) is 0 Å². The van der Waals surface area contributed by atoms with Crippen LogP contribution < -0.4 is 0 Å². The molecule has 0 saturated carbocycles. The molecule has 1 atom stereocenters. The fourth-order valence-electron chi connectivity index (χ4n) is 2.82. The smallest absolute Gasteiger partial charge is 0.244 e. The fourth-order valence-corrected chi connectivity index (χ4v) is 5.51. The van der Waals surface area contributed by atoms with E-state index in [9.17, 15) is 8.42 Å². The molecule has 1 saturated heterocycles. The number of benzene rings is 1. The van der Waals surface area contributed by atoms with Crippen LogP contribution in [0.2, 0.25) is 5.02 Å². The highest BCUT2D eigenvalue weighted by molar-refractivity contribution is 9.10. The van der Waals surface area contributed by atoms with Crippen molar-refractivity contribution in [1.82, 2.24) is 9.21 Å². The number of sulfonamides is 1. The number of methoxy groups -OCH3 is 1. The third-order valence-electron chi connectivity index (χ3n) is 4.00. The van der Waals surface area contributed by atoms with E-state index >= 15 is 0 Å². The van der Waals surface area contributed by atoms with Crippen LogP contribution in [0.5, 0.6) is 0 Å². The zero-order chi connectivity index (χ0) is 17.0. The number of nitrogens with zero attached hydrogens (tertiary/aromatic N) is 2. The molecule has 0 N–H and O–H groups in total. The van der Waals surface area contributed by atoms with Gasteiger partial charge in [0.1, 0.15) is 4.90 Å². The number of hydrogen-bond donors (Lipinski definition) is 0. The minimum absolute atomic E-state index is 0.0263. The van der Waals surface area contributed by atoms with Crippen LogP contribution in [0.15, 0.2) is 27.6 Å². The van der Waals surface area contributed by atoms with Gasteiger partial charge in [-0.2, -0.15) is 4.31 Å². The van der Waals surface area contributed by atoms with Gasteiger partial charge in [-0.3, -0.25) is 0 Å². The Kier molecular flexibility index (Phi) is 6.88. The van der Waals surface area contributed by atoms with E-state index < -0.39 is 10.0 Å². The third kappa shape index (κ3) is 4.67. The summed E-state index contributed by atoms with van der Waals surface area (Å²) in [5.74, 6) is 0. The molecule has 1 aromatic rings. The molecule has 2 rings (SSSR count). The summed E-state index contributed by atoms with van der Waals surface area (Å²) < 4.78 is 33.3. The summed E-state index contributed by atoms with van der Waals surface area (Å²) in [5.41, 5.74) is 0. The van der Waals surface area contributed by atoms with Crippen LogP contribution in [0.4, 0.5) is 0 Å². The predicted octanol–water partition coefficient (Wildman–Crippen LogP) is 2.83. The molecule has 1 heterocycles. The molecule has 0 spiro atoms. The Morgan fingerprint density at radius 3 is 2.87 bits per heavy atom. The second-order valence-corrected chi connectivity index (χ2v) is 8.92. The van der Waals surface area contributed by atoms with E-state index in [-0.39, 0.29) is 16.0 Å². The summed E-state index contributed by atoms with van der Waals surface area (Å²) in [6, 6.07) is 4.85. The summed E-state index contributed by atoms with van der Waals surface area (Å²) in [5, 5.41) is 0.248. The molecule has 0 aliphatic carbocycles. The van der Waals surface area contributed by atoms with Crippen molar-refractivity contribution in [2.75, 3.05) is 40.4 Å². The Balaban J connectivity index is 2.17. The maximum absolute atomic E-state index is 13.0. The fraction of sp³-hybridized carbons (Fsp3) is 0.600. The lowest BCUT2D eigenvalue weighted by molar-refractivity contribution is 0.151. The lowest BCUT2D eigenvalue weighted by Crippen LogP contribution is -2.42. The molecule has 5 nitrogen and oxygen atoms in total. The number of rotatable bonds is 7. The van der Waals surface area contributed by atoms with Gasteiger partial charge in [0.15, 0.2) is 0 Å². The average Bonchev–Trinajstić information content (AvgIpc) is 2.93. The molecule has 0 aromatic heterocycles. The highest BCUT2D eigenvalue weighted by Crippen LogP contribution is 2.32. The van der Waals surface area contributed by atoms with Gasteiger partial charge in [0.2, 0.25) is 10.0 Å². The van der Waals surface area contributed by atoms with Crippen molar-refractivity contribution in [2.45, 2.75) is 23.8 Å². The van der Waals surface area contributed by atoms with Crippen LogP contribution in [-0.4, -0.2) is 64.1 Å². The molecular formula is C15H22BrClN2O3S. The Hall–Kier alpha value is -0.180. The Bertz CT molecular complexity index is 642. The van der Waals surface area contributed by atoms with E-state index in [2.05, 4.69) is 20.8 Å². The quantitative estimate of drug-likeness (QED) is 0.674. The van der Waals surface area contributed by atoms with E-state index in [1.165, 1.54) is 0 Å². The molecule has 0 unspecified atom stereocenters. The minimum atomic E-state index is -3.58. The second-order valence-electron chi connectivity index (χ2n) is 5.74. The molecule has 130 valence electrons. The lowest BCUT2D eigenvalue weighted by atomic mass is 10.2. The van der Waals surface area contributed by atoms with Gasteiger partial charge in [-0.25, -0.2) is 8.42 Å². The summed E-state index contributed by atoms with van der Waals surface area (Å²) in [6.07, 6.45) is 1.74. The van der Waals surface area contributed by atoms with Crippen molar-refractivity contribution in [3.63, 3.8) is 0 Å². The highest BCUT2D eigenvalue weighted by Gasteiger charge is 2.36. The monoisotopic (exact) mass is 424 g/mol. The Morgan fingerprint density at radius 2 is 2.22 bits per heavy atom. The molecule has 8 heteroatoms. The average molecular weight is 426 g/mol. The van der Waals surface area contributed by atoms with Crippen molar-refractivity contribution >= 4 is 37.6 Å². The van der Waals surface area contributed by atoms with Crippen LogP contribution in [0.25, 0.3) is 0 Å². The van der Waals surface area contributed by atoms with Crippen molar-refractivity contribution in [3.05, 3.63) is 27.7 Å². The maximum atomic E-state index is 13.0. The molecule has 0 radical (unpaired) electrons. The number of hydrogen-bond acceptors (Lipinski definition) is 4. The molecular weight excluding hydrogens is 404 g/mol. The van der Waals surface area contributed by atoms with E-state index in [0.29, 0.717) is 19.7 Å². The normalized spacial score (nSPS) is 19.6. The number of ether oxygens (including phenoxy) is 1. The number of halogens is 2. The molecule has 1 aliphatic rings. The molecule has 1 aromatic carbocycles. The van der Waals surface area contributed by atoms with Gasteiger partial charge >= 0.3 is 0 Å². The van der Waals surface area contributed by atoms with Gasteiger partial charge in [-0.05, 0) is 38.1 Å². The standard InChI is InChI=1S/C15H22BrClN2O3S/c1-18(8-9-22-2)11-13-4-3-7-19(13)23(20,21)15-6-5-12(16)10-14(15)17/h5-6,10,13H,3-4,7-9,11H2,1-2H3/t13-/m1/s1. The summed E-state index contributed by atoms with van der Waals surface area (Å²) in [6.45, 7) is 2.64. The maximum Gasteiger partial charge on any atom is 0.244 e. The summed E-state index contributed by atoms with van der Waals surface area (Å²) >= 11 is 9.46. The van der Waals surface area contributed by atoms with Gasteiger partial charge in [0.25, 0.3) is 0 Å². The summed E-state index contributed by atoms with van der Waals surface area (Å²) in [4.78, 5) is 2.28. The van der Waals surface area contributed by atoms with Gasteiger partial charge in [-0.15, -0.1) is 0 Å². The first-order chi connectivity index (χ1) is 10.9. The van der Waals surface area contributed by atoms with E-state index in [4.69, 9.17) is 16.3 Å². The van der Waals surface area contributed by atoms with Crippen LogP contribution in [0.1, 0.15) is 12.8 Å². The van der Waals surface area contributed by atoms with E-state index in [1.54, 1.807) is 29.6 Å². The topological polar surface area (TPSA) is 49.9 Å². The predicted molar refractivity (Wildman–Crippen MR) is 95.4 cm³/mol. The zero-order valence-corrected chi connectivity index (χ0v) is 16.5. The van der Waals surface area contributed by atoms with Crippen molar-refractivity contribution < 1.29 is 13.2 Å². The van der Waals surface area contributed by atoms with Crippen LogP contribution in [-0.2, 0) is 14.8 Å². The van der Waals surface area contributed by atoms with Gasteiger partial charge in [0.05, 0.1) is 11.6 Å². The Labute approximate surface area is 151 Å². The molecule has 0 amide bonds. The van der Waals surface area contributed by atoms with Crippen molar-refractivity contribution in [1.29, 1.82) is 0 Å². The van der Waals surface area contributed by atoms with Gasteiger partial charge in [0, 0.05) is 37.3 Å². The van der Waals surface area contributed by atoms with Crippen molar-refractivity contribution in [2.24, 2.45) is 0 Å². The second kappa shape index (κ2) is 8.27. The minimum Gasteiger partial charge on any atom is -0.383 e. The third-order valence-corrected chi connectivity index (χ3v) is 6.93. The zero-order valence-electron chi connectivity index (χ0n) is 13.3. The van der Waals surface area contributed by atoms with Gasteiger partial charge < -0.3 is 9.64 Å². The van der Waals surface area contributed by atoms with Gasteiger partial charge in [-0.1, -0.05) is 27.5 Å². The van der Waals surface area contributed by atoms with E-state index in [1.807, 2.05) is 7.05 Å². The van der Waals surface area contributed by atoms with Crippen LogP contribution >= 0.6 is 27.5 Å². The first kappa shape index (κ1) is 19.1. The molecule has 1 aliphatic heterocycles. The first-order valence-electron chi connectivity index (χ1n) is 7.50. The van der Waals surface area contributed by atoms with Crippen LogP contribution in [0, 0.1) is 0 Å². The molecule has 23 heavy (non-hydrogen) atoms.